The summed E-state index contributed by atoms with van der Waals surface area (Å²) in [4.78, 5) is 23.1. The normalized spacial score (nSPS) is 12.3. The molecule has 2 rings (SSSR count). The third kappa shape index (κ3) is 3.36. The maximum Gasteiger partial charge on any atom is 0.256 e. The van der Waals surface area contributed by atoms with E-state index in [1.165, 1.54) is 0 Å². The van der Waals surface area contributed by atoms with Gasteiger partial charge in [-0.3, -0.25) is 4.79 Å². The van der Waals surface area contributed by atoms with Crippen molar-refractivity contribution in [1.29, 1.82) is 0 Å². The predicted octanol–water partition coefficient (Wildman–Crippen LogP) is 3.57. The average molecular weight is 327 g/mol. The number of aromatic amines is 1. The van der Waals surface area contributed by atoms with Gasteiger partial charge in [-0.25, -0.2) is 9.97 Å². The van der Waals surface area contributed by atoms with Gasteiger partial charge in [-0.2, -0.15) is 0 Å². The van der Waals surface area contributed by atoms with Crippen molar-refractivity contribution in [2.75, 3.05) is 5.32 Å². The summed E-state index contributed by atoms with van der Waals surface area (Å²) >= 11 is 12.0. The molecule has 0 fully saturated rings. The molecule has 5 nitrogen and oxygen atoms in total. The molecule has 0 aliphatic heterocycles. The number of H-pyrrole nitrogens is 1. The lowest BCUT2D eigenvalue weighted by Crippen LogP contribution is -2.23. The fraction of sp³-hybridized carbons (Fsp3) is 0.357. The number of halogens is 2. The quantitative estimate of drug-likeness (QED) is 0.846. The molecule has 0 amide bonds. The van der Waals surface area contributed by atoms with Crippen LogP contribution in [0.2, 0.25) is 10.3 Å². The van der Waals surface area contributed by atoms with Crippen molar-refractivity contribution in [3.05, 3.63) is 49.4 Å². The summed E-state index contributed by atoms with van der Waals surface area (Å²) in [6.07, 6.45) is 0. The van der Waals surface area contributed by atoms with Gasteiger partial charge in [-0.1, -0.05) is 23.2 Å². The molecule has 2 heterocycles. The van der Waals surface area contributed by atoms with Crippen LogP contribution in [0.5, 0.6) is 0 Å². The van der Waals surface area contributed by atoms with Gasteiger partial charge < -0.3 is 10.3 Å². The number of hydrogen-bond acceptors (Lipinski definition) is 4. The fourth-order valence-corrected chi connectivity index (χ4v) is 2.89. The van der Waals surface area contributed by atoms with E-state index >= 15 is 0 Å². The van der Waals surface area contributed by atoms with E-state index in [-0.39, 0.29) is 16.8 Å². The van der Waals surface area contributed by atoms with E-state index in [2.05, 4.69) is 20.3 Å². The number of rotatable bonds is 3. The Balaban J connectivity index is 2.40. The monoisotopic (exact) mass is 326 g/mol. The molecular weight excluding hydrogens is 311 g/mol. The molecule has 1 unspecified atom stereocenters. The van der Waals surface area contributed by atoms with Crippen LogP contribution in [-0.4, -0.2) is 15.0 Å². The van der Waals surface area contributed by atoms with Crippen LogP contribution in [0.25, 0.3) is 0 Å². The van der Waals surface area contributed by atoms with Crippen LogP contribution in [0.1, 0.15) is 35.6 Å². The van der Waals surface area contributed by atoms with Crippen molar-refractivity contribution in [3.63, 3.8) is 0 Å². The van der Waals surface area contributed by atoms with Gasteiger partial charge in [0.25, 0.3) is 5.56 Å². The summed E-state index contributed by atoms with van der Waals surface area (Å²) in [6.45, 7) is 7.31. The van der Waals surface area contributed by atoms with Gasteiger partial charge in [0.1, 0.15) is 11.0 Å². The predicted molar refractivity (Wildman–Crippen MR) is 85.4 cm³/mol. The largest absolute Gasteiger partial charge is 0.376 e. The van der Waals surface area contributed by atoms with Crippen LogP contribution < -0.4 is 10.9 Å². The lowest BCUT2D eigenvalue weighted by molar-refractivity contribution is 0.812. The van der Waals surface area contributed by atoms with Gasteiger partial charge in [-0.05, 0) is 39.3 Å². The van der Waals surface area contributed by atoms with Crippen LogP contribution in [0.15, 0.2) is 10.9 Å². The van der Waals surface area contributed by atoms with Crippen molar-refractivity contribution in [2.45, 2.75) is 33.7 Å². The molecular formula is C14H16Cl2N4O. The Morgan fingerprint density at radius 3 is 2.48 bits per heavy atom. The van der Waals surface area contributed by atoms with E-state index < -0.39 is 0 Å². The Morgan fingerprint density at radius 2 is 1.90 bits per heavy atom. The second-order valence-corrected chi connectivity index (χ2v) is 5.69. The molecule has 0 spiro atoms. The number of pyridine rings is 1. The summed E-state index contributed by atoms with van der Waals surface area (Å²) in [5.41, 5.74) is 2.63. The molecule has 0 saturated carbocycles. The van der Waals surface area contributed by atoms with Crippen LogP contribution in [-0.2, 0) is 0 Å². The van der Waals surface area contributed by atoms with Crippen molar-refractivity contribution in [2.24, 2.45) is 0 Å². The first kappa shape index (κ1) is 15.8. The molecule has 112 valence electrons. The Bertz CT molecular complexity index is 719. The minimum atomic E-state index is -0.263. The highest BCUT2D eigenvalue weighted by atomic mass is 35.5. The molecule has 7 heteroatoms. The number of anilines is 1. The van der Waals surface area contributed by atoms with Crippen LogP contribution >= 0.6 is 23.2 Å². The van der Waals surface area contributed by atoms with Crippen LogP contribution in [0, 0.1) is 20.8 Å². The first-order chi connectivity index (χ1) is 9.79. The first-order valence-electron chi connectivity index (χ1n) is 6.46. The molecule has 2 aromatic rings. The highest BCUT2D eigenvalue weighted by Gasteiger charge is 2.17. The Kier molecular flexibility index (Phi) is 4.54. The summed E-state index contributed by atoms with van der Waals surface area (Å²) < 4.78 is 0. The molecule has 0 aliphatic carbocycles. The molecule has 0 radical (unpaired) electrons. The van der Waals surface area contributed by atoms with E-state index in [1.807, 2.05) is 20.8 Å². The second kappa shape index (κ2) is 6.03. The van der Waals surface area contributed by atoms with Gasteiger partial charge in [0.05, 0.1) is 23.0 Å². The fourth-order valence-electron chi connectivity index (χ4n) is 2.30. The van der Waals surface area contributed by atoms with E-state index in [1.54, 1.807) is 13.0 Å². The van der Waals surface area contributed by atoms with E-state index in [9.17, 15) is 4.79 Å². The maximum atomic E-state index is 12.1. The van der Waals surface area contributed by atoms with Gasteiger partial charge in [0.15, 0.2) is 5.15 Å². The van der Waals surface area contributed by atoms with Gasteiger partial charge in [0, 0.05) is 0 Å². The minimum absolute atomic E-state index is 0.157. The minimum Gasteiger partial charge on any atom is -0.376 e. The number of aromatic nitrogens is 3. The van der Waals surface area contributed by atoms with Crippen molar-refractivity contribution >= 4 is 28.9 Å². The lowest BCUT2D eigenvalue weighted by atomic mass is 10.1. The highest BCUT2D eigenvalue weighted by Crippen LogP contribution is 2.29. The molecule has 2 aromatic heterocycles. The smallest absolute Gasteiger partial charge is 0.256 e. The number of aryl methyl sites for hydroxylation is 3. The maximum absolute atomic E-state index is 12.1. The molecule has 2 N–H and O–H groups in total. The zero-order valence-corrected chi connectivity index (χ0v) is 13.7. The topological polar surface area (TPSA) is 70.7 Å². The molecule has 1 atom stereocenters. The van der Waals surface area contributed by atoms with Gasteiger partial charge in [-0.15, -0.1) is 0 Å². The van der Waals surface area contributed by atoms with Crippen LogP contribution in [0.4, 0.5) is 5.69 Å². The van der Waals surface area contributed by atoms with Crippen molar-refractivity contribution in [1.82, 2.24) is 15.0 Å². The third-order valence-electron chi connectivity index (χ3n) is 3.20. The molecule has 0 bridgehead atoms. The summed E-state index contributed by atoms with van der Waals surface area (Å²) in [6, 6.07) is 1.45. The van der Waals surface area contributed by atoms with E-state index in [0.717, 1.165) is 5.56 Å². The van der Waals surface area contributed by atoms with Crippen molar-refractivity contribution in [3.8, 4) is 0 Å². The average Bonchev–Trinajstić information content (AvgIpc) is 2.32. The zero-order valence-electron chi connectivity index (χ0n) is 12.2. The summed E-state index contributed by atoms with van der Waals surface area (Å²) in [7, 11) is 0. The molecule has 21 heavy (non-hydrogen) atoms. The number of nitrogens with one attached hydrogen (secondary N) is 2. The first-order valence-corrected chi connectivity index (χ1v) is 7.21. The molecule has 0 saturated heterocycles. The van der Waals surface area contributed by atoms with Crippen molar-refractivity contribution < 1.29 is 0 Å². The Morgan fingerprint density at radius 1 is 1.24 bits per heavy atom. The number of nitrogens with zero attached hydrogens (tertiary/aromatic N) is 2. The highest BCUT2D eigenvalue weighted by molar-refractivity contribution is 6.34. The van der Waals surface area contributed by atoms with Crippen LogP contribution in [0.3, 0.4) is 0 Å². The third-order valence-corrected chi connectivity index (χ3v) is 3.67. The SMILES string of the molecule is Cc1nc(C)c(C(C)Nc2c(C)cc(Cl)nc2Cl)c(=O)[nH]1. The number of hydrogen-bond donors (Lipinski definition) is 2. The Labute approximate surface area is 132 Å². The second-order valence-electron chi connectivity index (χ2n) is 4.94. The summed E-state index contributed by atoms with van der Waals surface area (Å²) in [5.74, 6) is 0.593. The lowest BCUT2D eigenvalue weighted by Gasteiger charge is -2.19. The molecule has 0 aliphatic rings. The molecule has 0 aromatic carbocycles. The van der Waals surface area contributed by atoms with Gasteiger partial charge >= 0.3 is 0 Å². The summed E-state index contributed by atoms with van der Waals surface area (Å²) in [5, 5.41) is 3.82. The zero-order chi connectivity index (χ0) is 15.7. The Hall–Kier alpha value is -1.59. The van der Waals surface area contributed by atoms with E-state index in [0.29, 0.717) is 27.9 Å². The standard InChI is InChI=1S/C14H16Cl2N4O/c1-6-5-10(15)20-13(16)12(6)18-8(3)11-7(2)17-9(4)19-14(11)21/h5,8,18H,1-4H3,(H,17,19,21). The van der Waals surface area contributed by atoms with Gasteiger partial charge in [0.2, 0.25) is 0 Å². The van der Waals surface area contributed by atoms with E-state index in [4.69, 9.17) is 23.2 Å².